The van der Waals surface area contributed by atoms with E-state index in [9.17, 15) is 19.2 Å². The van der Waals surface area contributed by atoms with Gasteiger partial charge in [0.25, 0.3) is 0 Å². The van der Waals surface area contributed by atoms with E-state index in [1.54, 1.807) is 13.8 Å². The topological polar surface area (TPSA) is 162 Å². The molecule has 0 aliphatic heterocycles. The molecule has 0 saturated carbocycles. The van der Waals surface area contributed by atoms with Gasteiger partial charge in [-0.1, -0.05) is 25.8 Å². The number of ether oxygens (including phenoxy) is 3. The number of hydrogen-bond donors (Lipinski definition) is 3. The smallest absolute Gasteiger partial charge is 0.404 e. The van der Waals surface area contributed by atoms with Gasteiger partial charge < -0.3 is 30.2 Å². The summed E-state index contributed by atoms with van der Waals surface area (Å²) in [5.41, 5.74) is 8.21. The van der Waals surface area contributed by atoms with Crippen molar-refractivity contribution in [3.8, 4) is 0 Å². The zero-order valence-electron chi connectivity index (χ0n) is 22.4. The van der Waals surface area contributed by atoms with Crippen molar-refractivity contribution in [2.75, 3.05) is 19.8 Å². The minimum atomic E-state index is -0.935. The van der Waals surface area contributed by atoms with Gasteiger partial charge in [0.1, 0.15) is 13.2 Å². The molecule has 0 aromatic rings. The highest BCUT2D eigenvalue weighted by Gasteiger charge is 2.20. The molecule has 0 unspecified atom stereocenters. The zero-order chi connectivity index (χ0) is 29.0. The number of allylic oxidation sites excluding steroid dienone is 4. The Labute approximate surface area is 219 Å². The van der Waals surface area contributed by atoms with E-state index in [1.165, 1.54) is 50.7 Å². The fraction of sp³-hybridized carbons (Fsp3) is 0.481. The zero-order valence-corrected chi connectivity index (χ0v) is 22.4. The minimum absolute atomic E-state index is 0.176. The molecule has 4 N–H and O–H groups in total. The lowest BCUT2D eigenvalue weighted by atomic mass is 10.1. The monoisotopic (exact) mass is 523 g/mol. The summed E-state index contributed by atoms with van der Waals surface area (Å²) in [5, 5.41) is 15.8. The van der Waals surface area contributed by atoms with E-state index in [4.69, 9.17) is 19.7 Å². The Morgan fingerprint density at radius 2 is 1.41 bits per heavy atom. The predicted octanol–water partition coefficient (Wildman–Crippen LogP) is 5.07. The number of carbonyl (C=O) groups excluding carboxylic acids is 2. The molecule has 208 valence electrons. The van der Waals surface area contributed by atoms with Gasteiger partial charge in [-0.3, -0.25) is 0 Å². The molecule has 2 rings (SSSR count). The lowest BCUT2D eigenvalue weighted by Crippen LogP contribution is -2.11. The molecule has 0 heterocycles. The van der Waals surface area contributed by atoms with Crippen molar-refractivity contribution >= 4 is 24.0 Å². The van der Waals surface area contributed by atoms with Gasteiger partial charge in [0.2, 0.25) is 0 Å². The number of nitrogens with two attached hydrogens (primary N) is 1. The van der Waals surface area contributed by atoms with E-state index in [1.807, 2.05) is 0 Å². The summed E-state index contributed by atoms with van der Waals surface area (Å²) in [6.45, 7) is 17.2. The van der Waals surface area contributed by atoms with Crippen LogP contribution < -0.4 is 5.73 Å². The first-order chi connectivity index (χ1) is 17.2. The van der Waals surface area contributed by atoms with E-state index in [-0.39, 0.29) is 17.1 Å². The van der Waals surface area contributed by atoms with Gasteiger partial charge in [-0.25, -0.2) is 19.2 Å². The Hall–Kier alpha value is -3.82. The van der Waals surface area contributed by atoms with Crippen LogP contribution >= 0.6 is 0 Å². The fourth-order valence-corrected chi connectivity index (χ4v) is 2.72. The van der Waals surface area contributed by atoms with Crippen molar-refractivity contribution in [3.63, 3.8) is 0 Å². The van der Waals surface area contributed by atoms with Crippen LogP contribution in [0, 0.1) is 0 Å². The fourth-order valence-electron chi connectivity index (χ4n) is 2.72. The molecular formula is C27H41NO9. The number of esters is 1. The van der Waals surface area contributed by atoms with Crippen LogP contribution in [-0.2, 0) is 28.6 Å². The van der Waals surface area contributed by atoms with Crippen LogP contribution in [0.2, 0.25) is 0 Å². The van der Waals surface area contributed by atoms with E-state index >= 15 is 0 Å². The molecule has 37 heavy (non-hydrogen) atoms. The molecule has 10 heteroatoms. The first-order valence-corrected chi connectivity index (χ1v) is 11.8. The molecule has 0 fully saturated rings. The van der Waals surface area contributed by atoms with Crippen molar-refractivity contribution in [2.45, 2.75) is 66.2 Å². The second-order valence-electron chi connectivity index (χ2n) is 8.06. The highest BCUT2D eigenvalue weighted by molar-refractivity contribution is 5.87. The highest BCUT2D eigenvalue weighted by Crippen LogP contribution is 2.36. The summed E-state index contributed by atoms with van der Waals surface area (Å²) < 4.78 is 15.0. The van der Waals surface area contributed by atoms with Crippen LogP contribution in [0.1, 0.15) is 66.2 Å². The second kappa shape index (κ2) is 20.4. The molecule has 0 spiro atoms. The normalized spacial score (nSPS) is 13.1. The van der Waals surface area contributed by atoms with Crippen LogP contribution in [0.3, 0.4) is 0 Å². The van der Waals surface area contributed by atoms with Gasteiger partial charge in [0.15, 0.2) is 0 Å². The summed E-state index contributed by atoms with van der Waals surface area (Å²) in [5.74, 6) is -1.10. The average molecular weight is 524 g/mol. The maximum atomic E-state index is 11.2. The second-order valence-corrected chi connectivity index (χ2v) is 8.06. The van der Waals surface area contributed by atoms with Crippen molar-refractivity contribution in [2.24, 2.45) is 5.73 Å². The Morgan fingerprint density at radius 1 is 0.865 bits per heavy atom. The van der Waals surface area contributed by atoms with Gasteiger partial charge in [-0.15, -0.1) is 0 Å². The SMILES string of the molecule is C=C(C)C(=O)O.C=C(C)C(=O)O.C=C(C)C(=O)OCCOC1=C(C2=CCCC2)CCC1.CCOC(N)=O. The number of carbonyl (C=O) groups is 4. The number of carboxylic acids is 2. The van der Waals surface area contributed by atoms with Crippen LogP contribution in [0.5, 0.6) is 0 Å². The predicted molar refractivity (Wildman–Crippen MR) is 141 cm³/mol. The standard InChI is InChI=1S/C16H22O3.2C4H6O2.C3H7NO2/c1-12(2)16(17)19-11-10-18-15-9-5-8-14(15)13-6-3-4-7-13;2*1-3(2)4(5)6;1-2-6-3(4)5/h6H,1,3-5,7-11H2,2H3;2*1H2,2H3,(H,5,6);2H2,1H3,(H2,4,5). The molecule has 2 aliphatic carbocycles. The van der Waals surface area contributed by atoms with Crippen LogP contribution in [-0.4, -0.2) is 54.0 Å². The lowest BCUT2D eigenvalue weighted by molar-refractivity contribution is -0.140. The van der Waals surface area contributed by atoms with Crippen molar-refractivity contribution < 1.29 is 43.6 Å². The lowest BCUT2D eigenvalue weighted by Gasteiger charge is -2.11. The first-order valence-electron chi connectivity index (χ1n) is 11.8. The molecule has 0 bridgehead atoms. The van der Waals surface area contributed by atoms with Gasteiger partial charge >= 0.3 is 24.0 Å². The van der Waals surface area contributed by atoms with Crippen molar-refractivity contribution in [1.29, 1.82) is 0 Å². The Kier molecular flexibility index (Phi) is 19.5. The summed E-state index contributed by atoms with van der Waals surface area (Å²) in [4.78, 5) is 40.0. The summed E-state index contributed by atoms with van der Waals surface area (Å²) in [6.07, 6.45) is 8.60. The number of carboxylic acid groups (broad SMARTS) is 2. The molecule has 0 saturated heterocycles. The molecular weight excluding hydrogens is 482 g/mol. The molecule has 2 aliphatic rings. The van der Waals surface area contributed by atoms with Crippen molar-refractivity contribution in [1.82, 2.24) is 0 Å². The minimum Gasteiger partial charge on any atom is -0.494 e. The third-order valence-electron chi connectivity index (χ3n) is 4.55. The van der Waals surface area contributed by atoms with E-state index in [2.05, 4.69) is 36.3 Å². The number of primary amides is 1. The molecule has 1 amide bonds. The number of amides is 1. The molecule has 0 aromatic heterocycles. The van der Waals surface area contributed by atoms with E-state index in [0.29, 0.717) is 25.4 Å². The Morgan fingerprint density at radius 3 is 1.76 bits per heavy atom. The highest BCUT2D eigenvalue weighted by atomic mass is 16.6. The molecule has 0 radical (unpaired) electrons. The third-order valence-corrected chi connectivity index (χ3v) is 4.55. The van der Waals surface area contributed by atoms with Crippen LogP contribution in [0.25, 0.3) is 0 Å². The molecule has 0 atom stereocenters. The van der Waals surface area contributed by atoms with Crippen LogP contribution in [0.15, 0.2) is 59.4 Å². The summed E-state index contributed by atoms with van der Waals surface area (Å²) in [7, 11) is 0. The number of hydrogen-bond acceptors (Lipinski definition) is 7. The van der Waals surface area contributed by atoms with Gasteiger partial charge in [0.05, 0.1) is 12.4 Å². The van der Waals surface area contributed by atoms with E-state index < -0.39 is 18.0 Å². The number of rotatable bonds is 9. The van der Waals surface area contributed by atoms with Crippen molar-refractivity contribution in [3.05, 3.63) is 59.4 Å². The largest absolute Gasteiger partial charge is 0.494 e. The summed E-state index contributed by atoms with van der Waals surface area (Å²) in [6, 6.07) is 0. The Bertz CT molecular complexity index is 850. The third kappa shape index (κ3) is 19.1. The van der Waals surface area contributed by atoms with Gasteiger partial charge in [-0.05, 0) is 70.9 Å². The molecule has 0 aromatic carbocycles. The maximum absolute atomic E-state index is 11.2. The Balaban J connectivity index is 0. The summed E-state index contributed by atoms with van der Waals surface area (Å²) >= 11 is 0. The van der Waals surface area contributed by atoms with Gasteiger partial charge in [-0.2, -0.15) is 0 Å². The maximum Gasteiger partial charge on any atom is 0.404 e. The number of aliphatic carboxylic acids is 2. The molecule has 10 nitrogen and oxygen atoms in total. The quantitative estimate of drug-likeness (QED) is 0.213. The first kappa shape index (κ1) is 35.3. The van der Waals surface area contributed by atoms with Crippen LogP contribution in [0.4, 0.5) is 4.79 Å². The van der Waals surface area contributed by atoms with Gasteiger partial charge in [0, 0.05) is 23.1 Å². The van der Waals surface area contributed by atoms with E-state index in [0.717, 1.165) is 18.6 Å². The average Bonchev–Trinajstić information content (AvgIpc) is 3.49.